The zero-order chi connectivity index (χ0) is 12.8. The minimum atomic E-state index is 0.126. The van der Waals surface area contributed by atoms with Crippen LogP contribution >= 0.6 is 22.9 Å². The number of hydrogen-bond acceptors (Lipinski definition) is 3. The van der Waals surface area contributed by atoms with Gasteiger partial charge in [0.2, 0.25) is 5.91 Å². The molecule has 0 aliphatic carbocycles. The maximum Gasteiger partial charge on any atom is 0.229 e. The van der Waals surface area contributed by atoms with Crippen LogP contribution in [0, 0.1) is 5.92 Å². The number of thiazole rings is 1. The predicted octanol–water partition coefficient (Wildman–Crippen LogP) is 2.93. The maximum absolute atomic E-state index is 11.9. The molecular weight excluding hydrogens is 256 g/mol. The van der Waals surface area contributed by atoms with E-state index in [2.05, 4.69) is 18.8 Å². The SMILES string of the molecule is CCC(C)CN(C)C(=O)Cc1nc(CCl)cs1. The monoisotopic (exact) mass is 274 g/mol. The van der Waals surface area contributed by atoms with Gasteiger partial charge in [-0.3, -0.25) is 4.79 Å². The molecule has 1 rings (SSSR count). The van der Waals surface area contributed by atoms with Crippen molar-refractivity contribution >= 4 is 28.8 Å². The summed E-state index contributed by atoms with van der Waals surface area (Å²) in [6, 6.07) is 0. The molecule has 5 heteroatoms. The summed E-state index contributed by atoms with van der Waals surface area (Å²) in [5.41, 5.74) is 0.851. The fraction of sp³-hybridized carbons (Fsp3) is 0.667. The maximum atomic E-state index is 11.9. The lowest BCUT2D eigenvalue weighted by atomic mass is 10.1. The van der Waals surface area contributed by atoms with Gasteiger partial charge in [-0.15, -0.1) is 22.9 Å². The van der Waals surface area contributed by atoms with Gasteiger partial charge in [-0.25, -0.2) is 4.98 Å². The van der Waals surface area contributed by atoms with Gasteiger partial charge in [0, 0.05) is 19.0 Å². The lowest BCUT2D eigenvalue weighted by Crippen LogP contribution is -2.32. The van der Waals surface area contributed by atoms with Crippen LogP contribution in [0.25, 0.3) is 0 Å². The summed E-state index contributed by atoms with van der Waals surface area (Å²) in [4.78, 5) is 18.0. The van der Waals surface area contributed by atoms with Gasteiger partial charge in [-0.05, 0) is 5.92 Å². The molecule has 3 nitrogen and oxygen atoms in total. The fourth-order valence-electron chi connectivity index (χ4n) is 1.45. The molecule has 0 saturated heterocycles. The number of hydrogen-bond donors (Lipinski definition) is 0. The summed E-state index contributed by atoms with van der Waals surface area (Å²) in [6.45, 7) is 5.10. The highest BCUT2D eigenvalue weighted by molar-refractivity contribution is 7.09. The smallest absolute Gasteiger partial charge is 0.229 e. The highest BCUT2D eigenvalue weighted by atomic mass is 35.5. The summed E-state index contributed by atoms with van der Waals surface area (Å²) in [5.74, 6) is 1.08. The second-order valence-electron chi connectivity index (χ2n) is 4.33. The number of likely N-dealkylation sites (N-methyl/N-ethyl adjacent to an activating group) is 1. The van der Waals surface area contributed by atoms with E-state index in [-0.39, 0.29) is 5.91 Å². The van der Waals surface area contributed by atoms with Gasteiger partial charge in [0.25, 0.3) is 0 Å². The first kappa shape index (κ1) is 14.5. The van der Waals surface area contributed by atoms with Gasteiger partial charge >= 0.3 is 0 Å². The molecule has 0 bridgehead atoms. The van der Waals surface area contributed by atoms with Gasteiger partial charge in [0.1, 0.15) is 5.01 Å². The van der Waals surface area contributed by atoms with E-state index >= 15 is 0 Å². The quantitative estimate of drug-likeness (QED) is 0.748. The number of carbonyl (C=O) groups excluding carboxylic acids is 1. The van der Waals surface area contributed by atoms with Crippen molar-refractivity contribution in [2.24, 2.45) is 5.92 Å². The zero-order valence-electron chi connectivity index (χ0n) is 10.6. The Morgan fingerprint density at radius 1 is 1.65 bits per heavy atom. The van der Waals surface area contributed by atoms with Gasteiger partial charge in [0.05, 0.1) is 18.0 Å². The third-order valence-electron chi connectivity index (χ3n) is 2.75. The minimum Gasteiger partial charge on any atom is -0.345 e. The van der Waals surface area contributed by atoms with Crippen LogP contribution in [0.1, 0.15) is 31.0 Å². The van der Waals surface area contributed by atoms with Crippen molar-refractivity contribution in [1.82, 2.24) is 9.88 Å². The average Bonchev–Trinajstić information content (AvgIpc) is 2.76. The largest absolute Gasteiger partial charge is 0.345 e. The number of carbonyl (C=O) groups is 1. The summed E-state index contributed by atoms with van der Waals surface area (Å²) in [5, 5.41) is 2.76. The number of halogens is 1. The van der Waals surface area contributed by atoms with Crippen LogP contribution in [0.4, 0.5) is 0 Å². The Balaban J connectivity index is 2.48. The first-order valence-electron chi connectivity index (χ1n) is 5.80. The number of aromatic nitrogens is 1. The minimum absolute atomic E-state index is 0.126. The van der Waals surface area contributed by atoms with Crippen LogP contribution in [0.2, 0.25) is 0 Å². The van der Waals surface area contributed by atoms with E-state index in [0.717, 1.165) is 23.7 Å². The van der Waals surface area contributed by atoms with Gasteiger partial charge in [0.15, 0.2) is 0 Å². The van der Waals surface area contributed by atoms with Crippen molar-refractivity contribution in [1.29, 1.82) is 0 Å². The molecule has 0 radical (unpaired) electrons. The molecule has 0 aliphatic heterocycles. The Bertz CT molecular complexity index is 367. The van der Waals surface area contributed by atoms with Crippen molar-refractivity contribution in [2.75, 3.05) is 13.6 Å². The molecule has 0 spiro atoms. The predicted molar refractivity (Wildman–Crippen MR) is 72.5 cm³/mol. The first-order valence-corrected chi connectivity index (χ1v) is 7.21. The van der Waals surface area contributed by atoms with Crippen molar-refractivity contribution < 1.29 is 4.79 Å². The fourth-order valence-corrected chi connectivity index (χ4v) is 2.47. The summed E-state index contributed by atoms with van der Waals surface area (Å²) < 4.78 is 0. The van der Waals surface area contributed by atoms with Gasteiger partial charge < -0.3 is 4.90 Å². The number of alkyl halides is 1. The van der Waals surface area contributed by atoms with E-state index in [1.165, 1.54) is 11.3 Å². The highest BCUT2D eigenvalue weighted by Gasteiger charge is 2.14. The molecule has 17 heavy (non-hydrogen) atoms. The van der Waals surface area contributed by atoms with Crippen molar-refractivity contribution in [3.63, 3.8) is 0 Å². The molecule has 1 amide bonds. The Labute approximate surface area is 112 Å². The highest BCUT2D eigenvalue weighted by Crippen LogP contribution is 2.13. The van der Waals surface area contributed by atoms with E-state index in [1.54, 1.807) is 4.90 Å². The molecule has 0 fully saturated rings. The standard InChI is InChI=1S/C12H19ClN2OS/c1-4-9(2)7-15(3)12(16)5-11-14-10(6-13)8-17-11/h8-9H,4-7H2,1-3H3. The van der Waals surface area contributed by atoms with Crippen molar-refractivity contribution in [2.45, 2.75) is 32.6 Å². The number of nitrogens with zero attached hydrogens (tertiary/aromatic N) is 2. The summed E-state index contributed by atoms with van der Waals surface area (Å²) in [7, 11) is 1.85. The molecule has 0 aromatic carbocycles. The molecule has 0 N–H and O–H groups in total. The molecule has 0 aliphatic rings. The van der Waals surface area contributed by atoms with Crippen LogP contribution in [-0.4, -0.2) is 29.4 Å². The summed E-state index contributed by atoms with van der Waals surface area (Å²) >= 11 is 7.18. The molecule has 0 saturated carbocycles. The second kappa shape index (κ2) is 6.97. The summed E-state index contributed by atoms with van der Waals surface area (Å²) in [6.07, 6.45) is 1.47. The molecule has 1 unspecified atom stereocenters. The Morgan fingerprint density at radius 2 is 2.35 bits per heavy atom. The Kier molecular flexibility index (Phi) is 5.92. The topological polar surface area (TPSA) is 33.2 Å². The first-order chi connectivity index (χ1) is 8.06. The number of amides is 1. The molecular formula is C12H19ClN2OS. The normalized spacial score (nSPS) is 12.5. The van der Waals surface area contributed by atoms with E-state index < -0.39 is 0 Å². The van der Waals surface area contributed by atoms with Gasteiger partial charge in [-0.2, -0.15) is 0 Å². The van der Waals surface area contributed by atoms with Crippen LogP contribution < -0.4 is 0 Å². The molecule has 96 valence electrons. The molecule has 1 heterocycles. The van der Waals surface area contributed by atoms with Crippen LogP contribution in [0.3, 0.4) is 0 Å². The van der Waals surface area contributed by atoms with Crippen LogP contribution in [0.15, 0.2) is 5.38 Å². The van der Waals surface area contributed by atoms with Gasteiger partial charge in [-0.1, -0.05) is 20.3 Å². The van der Waals surface area contributed by atoms with E-state index in [1.807, 2.05) is 12.4 Å². The van der Waals surface area contributed by atoms with Crippen LogP contribution in [-0.2, 0) is 17.1 Å². The third-order valence-corrected chi connectivity index (χ3v) is 3.92. The second-order valence-corrected chi connectivity index (χ2v) is 5.54. The van der Waals surface area contributed by atoms with E-state index in [4.69, 9.17) is 11.6 Å². The number of rotatable bonds is 6. The lowest BCUT2D eigenvalue weighted by molar-refractivity contribution is -0.129. The average molecular weight is 275 g/mol. The molecule has 1 aromatic rings. The third kappa shape index (κ3) is 4.64. The van der Waals surface area contributed by atoms with E-state index in [9.17, 15) is 4.79 Å². The molecule has 1 atom stereocenters. The van der Waals surface area contributed by atoms with Crippen molar-refractivity contribution in [3.05, 3.63) is 16.1 Å². The lowest BCUT2D eigenvalue weighted by Gasteiger charge is -2.20. The van der Waals surface area contributed by atoms with E-state index in [0.29, 0.717) is 18.2 Å². The zero-order valence-corrected chi connectivity index (χ0v) is 12.1. The van der Waals surface area contributed by atoms with Crippen molar-refractivity contribution in [3.8, 4) is 0 Å². The Morgan fingerprint density at radius 3 is 2.88 bits per heavy atom. The Hall–Kier alpha value is -0.610. The molecule has 1 aromatic heterocycles. The van der Waals surface area contributed by atoms with Crippen LogP contribution in [0.5, 0.6) is 0 Å².